The fraction of sp³-hybridized carbons (Fsp3) is 0.333. The Balaban J connectivity index is 1.68. The van der Waals surface area contributed by atoms with Crippen molar-refractivity contribution in [2.24, 2.45) is 0 Å². The molecule has 0 radical (unpaired) electrons. The number of hydrogen-bond acceptors (Lipinski definition) is 4. The zero-order valence-corrected chi connectivity index (χ0v) is 15.5. The SMILES string of the molecule is C=C/C=C(C=C)/C=C/Sc1ccc(OCCCN2CCOCC2)cc1. The maximum Gasteiger partial charge on any atom is 0.119 e. The number of hydrogen-bond donors (Lipinski definition) is 0. The average molecular weight is 358 g/mol. The molecular formula is C21H27NO2S. The van der Waals surface area contributed by atoms with Crippen molar-refractivity contribution in [1.82, 2.24) is 4.90 Å². The van der Waals surface area contributed by atoms with Crippen LogP contribution in [0.1, 0.15) is 6.42 Å². The maximum atomic E-state index is 5.83. The lowest BCUT2D eigenvalue weighted by Gasteiger charge is -2.26. The molecule has 0 atom stereocenters. The lowest BCUT2D eigenvalue weighted by atomic mass is 10.2. The van der Waals surface area contributed by atoms with Gasteiger partial charge < -0.3 is 9.47 Å². The second-order valence-corrected chi connectivity index (χ2v) is 6.63. The largest absolute Gasteiger partial charge is 0.494 e. The quantitative estimate of drug-likeness (QED) is 0.344. The average Bonchev–Trinajstić information content (AvgIpc) is 2.66. The van der Waals surface area contributed by atoms with E-state index < -0.39 is 0 Å². The van der Waals surface area contributed by atoms with Crippen LogP contribution in [0.3, 0.4) is 0 Å². The summed E-state index contributed by atoms with van der Waals surface area (Å²) in [6.07, 6.45) is 8.57. The third-order valence-electron chi connectivity index (χ3n) is 3.83. The summed E-state index contributed by atoms with van der Waals surface area (Å²) >= 11 is 1.67. The van der Waals surface area contributed by atoms with Gasteiger partial charge in [0.2, 0.25) is 0 Å². The van der Waals surface area contributed by atoms with Crippen molar-refractivity contribution in [3.63, 3.8) is 0 Å². The molecule has 134 valence electrons. The summed E-state index contributed by atoms with van der Waals surface area (Å²) in [5.74, 6) is 0.925. The van der Waals surface area contributed by atoms with Gasteiger partial charge in [0.25, 0.3) is 0 Å². The topological polar surface area (TPSA) is 21.7 Å². The first-order valence-corrected chi connectivity index (χ1v) is 9.51. The molecule has 1 saturated heterocycles. The van der Waals surface area contributed by atoms with Crippen LogP contribution in [0.4, 0.5) is 0 Å². The molecule has 0 aliphatic carbocycles. The Labute approximate surface area is 155 Å². The number of ether oxygens (including phenoxy) is 2. The van der Waals surface area contributed by atoms with Gasteiger partial charge in [-0.05, 0) is 47.7 Å². The van der Waals surface area contributed by atoms with Crippen LogP contribution in [0.15, 0.2) is 77.6 Å². The smallest absolute Gasteiger partial charge is 0.119 e. The van der Waals surface area contributed by atoms with E-state index in [1.165, 1.54) is 4.90 Å². The van der Waals surface area contributed by atoms with Gasteiger partial charge in [0, 0.05) is 24.5 Å². The second kappa shape index (κ2) is 11.7. The van der Waals surface area contributed by atoms with Crippen molar-refractivity contribution in [3.05, 3.63) is 72.7 Å². The van der Waals surface area contributed by atoms with Crippen LogP contribution in [-0.2, 0) is 4.74 Å². The fourth-order valence-corrected chi connectivity index (χ4v) is 3.11. The number of benzene rings is 1. The van der Waals surface area contributed by atoms with E-state index in [-0.39, 0.29) is 0 Å². The van der Waals surface area contributed by atoms with Gasteiger partial charge in [0.1, 0.15) is 5.75 Å². The number of rotatable bonds is 10. The molecule has 0 aromatic heterocycles. The molecule has 0 unspecified atom stereocenters. The highest BCUT2D eigenvalue weighted by Gasteiger charge is 2.09. The summed E-state index contributed by atoms with van der Waals surface area (Å²) in [5.41, 5.74) is 1.04. The predicted octanol–water partition coefficient (Wildman–Crippen LogP) is 4.69. The van der Waals surface area contributed by atoms with Gasteiger partial charge >= 0.3 is 0 Å². The molecule has 0 bridgehead atoms. The molecule has 1 fully saturated rings. The Hall–Kier alpha value is -1.75. The summed E-state index contributed by atoms with van der Waals surface area (Å²) in [4.78, 5) is 3.61. The molecule has 1 heterocycles. The van der Waals surface area contributed by atoms with Gasteiger partial charge in [0.05, 0.1) is 19.8 Å². The minimum absolute atomic E-state index is 0.749. The lowest BCUT2D eigenvalue weighted by Crippen LogP contribution is -2.37. The minimum atomic E-state index is 0.749. The third-order valence-corrected chi connectivity index (χ3v) is 4.64. The number of thioether (sulfide) groups is 1. The molecular weight excluding hydrogens is 330 g/mol. The van der Waals surface area contributed by atoms with Crippen LogP contribution >= 0.6 is 11.8 Å². The van der Waals surface area contributed by atoms with Crippen LogP contribution in [0, 0.1) is 0 Å². The highest BCUT2D eigenvalue weighted by molar-refractivity contribution is 8.02. The van der Waals surface area contributed by atoms with E-state index in [1.54, 1.807) is 17.8 Å². The first-order valence-electron chi connectivity index (χ1n) is 8.63. The molecule has 2 rings (SSSR count). The summed E-state index contributed by atoms with van der Waals surface area (Å²) in [6, 6.07) is 8.21. The van der Waals surface area contributed by atoms with E-state index in [4.69, 9.17) is 9.47 Å². The molecule has 0 saturated carbocycles. The molecule has 1 aromatic carbocycles. The van der Waals surface area contributed by atoms with Crippen LogP contribution < -0.4 is 4.74 Å². The summed E-state index contributed by atoms with van der Waals surface area (Å²) in [5, 5.41) is 2.05. The Morgan fingerprint density at radius 3 is 2.64 bits per heavy atom. The summed E-state index contributed by atoms with van der Waals surface area (Å²) in [6.45, 7) is 13.1. The number of morpholine rings is 1. The predicted molar refractivity (Wildman–Crippen MR) is 107 cm³/mol. The molecule has 1 aliphatic heterocycles. The Morgan fingerprint density at radius 1 is 1.20 bits per heavy atom. The zero-order chi connectivity index (χ0) is 17.7. The number of allylic oxidation sites excluding steroid dienone is 5. The highest BCUT2D eigenvalue weighted by atomic mass is 32.2. The Morgan fingerprint density at radius 2 is 1.96 bits per heavy atom. The van der Waals surface area contributed by atoms with E-state index in [9.17, 15) is 0 Å². The van der Waals surface area contributed by atoms with Crippen LogP contribution in [0.2, 0.25) is 0 Å². The van der Waals surface area contributed by atoms with Crippen molar-refractivity contribution in [2.75, 3.05) is 39.5 Å². The van der Waals surface area contributed by atoms with Gasteiger partial charge in [-0.3, -0.25) is 4.90 Å². The molecule has 3 nitrogen and oxygen atoms in total. The first-order chi connectivity index (χ1) is 12.3. The van der Waals surface area contributed by atoms with E-state index in [0.29, 0.717) is 0 Å². The summed E-state index contributed by atoms with van der Waals surface area (Å²) < 4.78 is 11.2. The van der Waals surface area contributed by atoms with Crippen molar-refractivity contribution in [2.45, 2.75) is 11.3 Å². The standard InChI is InChI=1S/C21H27NO2S/c1-3-6-19(4-2)11-18-25-21-9-7-20(8-10-21)24-15-5-12-22-13-16-23-17-14-22/h3-4,6-11,18H,1-2,5,12-17H2/b18-11+,19-6+. The molecule has 4 heteroatoms. The fourth-order valence-electron chi connectivity index (χ4n) is 2.44. The van der Waals surface area contributed by atoms with Crippen molar-refractivity contribution < 1.29 is 9.47 Å². The number of nitrogens with zero attached hydrogens (tertiary/aromatic N) is 1. The first kappa shape index (κ1) is 19.6. The van der Waals surface area contributed by atoms with Crippen LogP contribution in [0.5, 0.6) is 5.75 Å². The Bertz CT molecular complexity index is 586. The van der Waals surface area contributed by atoms with Gasteiger partial charge in [-0.1, -0.05) is 43.1 Å². The lowest BCUT2D eigenvalue weighted by molar-refractivity contribution is 0.0358. The van der Waals surface area contributed by atoms with E-state index in [2.05, 4.69) is 35.6 Å². The van der Waals surface area contributed by atoms with E-state index >= 15 is 0 Å². The highest BCUT2D eigenvalue weighted by Crippen LogP contribution is 2.23. The Kier molecular flexibility index (Phi) is 9.19. The summed E-state index contributed by atoms with van der Waals surface area (Å²) in [7, 11) is 0. The maximum absolute atomic E-state index is 5.83. The zero-order valence-electron chi connectivity index (χ0n) is 14.7. The van der Waals surface area contributed by atoms with Crippen LogP contribution in [0.25, 0.3) is 0 Å². The minimum Gasteiger partial charge on any atom is -0.494 e. The molecule has 0 amide bonds. The van der Waals surface area contributed by atoms with Gasteiger partial charge in [-0.15, -0.1) is 0 Å². The van der Waals surface area contributed by atoms with Crippen molar-refractivity contribution >= 4 is 11.8 Å². The third kappa shape index (κ3) is 7.78. The van der Waals surface area contributed by atoms with Gasteiger partial charge in [-0.2, -0.15) is 0 Å². The van der Waals surface area contributed by atoms with E-state index in [1.807, 2.05) is 30.4 Å². The molecule has 0 spiro atoms. The molecule has 1 aromatic rings. The molecule has 0 N–H and O–H groups in total. The van der Waals surface area contributed by atoms with Gasteiger partial charge in [-0.25, -0.2) is 0 Å². The molecule has 25 heavy (non-hydrogen) atoms. The second-order valence-electron chi connectivity index (χ2n) is 5.65. The van der Waals surface area contributed by atoms with Gasteiger partial charge in [0.15, 0.2) is 0 Å². The normalized spacial score (nSPS) is 16.1. The monoisotopic (exact) mass is 357 g/mol. The van der Waals surface area contributed by atoms with E-state index in [0.717, 1.165) is 57.2 Å². The van der Waals surface area contributed by atoms with Crippen molar-refractivity contribution in [1.29, 1.82) is 0 Å². The van der Waals surface area contributed by atoms with Crippen LogP contribution in [-0.4, -0.2) is 44.4 Å². The van der Waals surface area contributed by atoms with Crippen molar-refractivity contribution in [3.8, 4) is 5.75 Å². The molecule has 1 aliphatic rings.